The zero-order valence-corrected chi connectivity index (χ0v) is 14.7. The lowest BCUT2D eigenvalue weighted by molar-refractivity contribution is 0.0513. The second-order valence-electron chi connectivity index (χ2n) is 5.86. The molecule has 6 nitrogen and oxygen atoms in total. The fraction of sp³-hybridized carbons (Fsp3) is 0.353. The summed E-state index contributed by atoms with van der Waals surface area (Å²) in [5.41, 5.74) is 2.39. The van der Waals surface area contributed by atoms with Crippen molar-refractivity contribution in [2.75, 3.05) is 13.2 Å². The van der Waals surface area contributed by atoms with Gasteiger partial charge in [-0.05, 0) is 47.8 Å². The first-order valence-corrected chi connectivity index (χ1v) is 8.77. The third-order valence-corrected chi connectivity index (χ3v) is 5.23. The predicted octanol–water partition coefficient (Wildman–Crippen LogP) is 3.10. The SMILES string of the molecule is CCOC(=O)c1ncn2c1[C@@H]1CCCN1C(=O)c1c(Br)cccc1-2. The largest absolute Gasteiger partial charge is 0.461 e. The van der Waals surface area contributed by atoms with Gasteiger partial charge in [-0.3, -0.25) is 9.36 Å². The van der Waals surface area contributed by atoms with E-state index in [0.717, 1.165) is 28.7 Å². The quantitative estimate of drug-likeness (QED) is 0.740. The van der Waals surface area contributed by atoms with Crippen LogP contribution in [0, 0.1) is 0 Å². The van der Waals surface area contributed by atoms with Crippen molar-refractivity contribution in [3.05, 3.63) is 46.0 Å². The average Bonchev–Trinajstić information content (AvgIpc) is 3.18. The molecule has 0 saturated carbocycles. The van der Waals surface area contributed by atoms with E-state index in [1.165, 1.54) is 0 Å². The molecule has 1 saturated heterocycles. The number of aromatic nitrogens is 2. The molecule has 2 aliphatic rings. The number of imidazole rings is 1. The van der Waals surface area contributed by atoms with E-state index >= 15 is 0 Å². The van der Waals surface area contributed by atoms with E-state index < -0.39 is 5.97 Å². The fourth-order valence-corrected chi connectivity index (χ4v) is 4.11. The van der Waals surface area contributed by atoms with Crippen LogP contribution in [0.3, 0.4) is 0 Å². The van der Waals surface area contributed by atoms with E-state index in [-0.39, 0.29) is 11.9 Å². The average molecular weight is 390 g/mol. The van der Waals surface area contributed by atoms with Crippen molar-refractivity contribution in [3.8, 4) is 5.69 Å². The van der Waals surface area contributed by atoms with Gasteiger partial charge >= 0.3 is 5.97 Å². The molecule has 0 N–H and O–H groups in total. The highest BCUT2D eigenvalue weighted by molar-refractivity contribution is 9.10. The van der Waals surface area contributed by atoms with Gasteiger partial charge in [0.2, 0.25) is 0 Å². The Labute approximate surface area is 147 Å². The third-order valence-electron chi connectivity index (χ3n) is 4.57. The molecule has 0 radical (unpaired) electrons. The maximum absolute atomic E-state index is 13.1. The van der Waals surface area contributed by atoms with Gasteiger partial charge in [0.05, 0.1) is 29.6 Å². The molecule has 3 heterocycles. The lowest BCUT2D eigenvalue weighted by atomic mass is 10.1. The standard InChI is InChI=1S/C17H16BrN3O3/c1-2-24-17(23)14-15-12-7-4-8-20(12)16(22)13-10(18)5-3-6-11(13)21(15)9-19-14/h3,5-6,9,12H,2,4,7-8H2,1H3/t12-/m0/s1. The Morgan fingerprint density at radius 3 is 3.08 bits per heavy atom. The van der Waals surface area contributed by atoms with Crippen molar-refractivity contribution >= 4 is 27.8 Å². The summed E-state index contributed by atoms with van der Waals surface area (Å²) in [7, 11) is 0. The molecule has 1 aromatic carbocycles. The summed E-state index contributed by atoms with van der Waals surface area (Å²) in [5, 5.41) is 0. The maximum Gasteiger partial charge on any atom is 0.358 e. The first-order chi connectivity index (χ1) is 11.6. The molecule has 0 bridgehead atoms. The van der Waals surface area contributed by atoms with E-state index in [4.69, 9.17) is 4.74 Å². The molecule has 7 heteroatoms. The van der Waals surface area contributed by atoms with Crippen molar-refractivity contribution in [3.63, 3.8) is 0 Å². The molecular formula is C17H16BrN3O3. The van der Waals surface area contributed by atoms with Gasteiger partial charge in [0, 0.05) is 11.0 Å². The van der Waals surface area contributed by atoms with Gasteiger partial charge in [-0.2, -0.15) is 0 Å². The van der Waals surface area contributed by atoms with Crippen LogP contribution in [0.5, 0.6) is 0 Å². The highest BCUT2D eigenvalue weighted by Gasteiger charge is 2.40. The van der Waals surface area contributed by atoms with Crippen molar-refractivity contribution in [2.24, 2.45) is 0 Å². The lowest BCUT2D eigenvalue weighted by Gasteiger charge is -2.23. The number of rotatable bonds is 2. The van der Waals surface area contributed by atoms with Gasteiger partial charge in [0.15, 0.2) is 5.69 Å². The van der Waals surface area contributed by atoms with Crippen LogP contribution < -0.4 is 0 Å². The Hall–Kier alpha value is -2.15. The van der Waals surface area contributed by atoms with E-state index in [9.17, 15) is 9.59 Å². The molecule has 0 aliphatic carbocycles. The topological polar surface area (TPSA) is 64.4 Å². The number of hydrogen-bond donors (Lipinski definition) is 0. The number of fused-ring (bicyclic) bond motifs is 5. The number of halogens is 1. The number of ether oxygens (including phenoxy) is 1. The maximum atomic E-state index is 13.1. The predicted molar refractivity (Wildman–Crippen MR) is 90.2 cm³/mol. The molecule has 0 spiro atoms. The van der Waals surface area contributed by atoms with E-state index in [0.29, 0.717) is 24.4 Å². The molecule has 24 heavy (non-hydrogen) atoms. The van der Waals surface area contributed by atoms with Crippen molar-refractivity contribution in [1.82, 2.24) is 14.5 Å². The summed E-state index contributed by atoms with van der Waals surface area (Å²) < 4.78 is 7.76. The van der Waals surface area contributed by atoms with Crippen LogP contribution in [0.4, 0.5) is 0 Å². The Balaban J connectivity index is 1.99. The molecule has 124 valence electrons. The Morgan fingerprint density at radius 2 is 2.29 bits per heavy atom. The van der Waals surface area contributed by atoms with Crippen LogP contribution in [0.1, 0.15) is 52.3 Å². The summed E-state index contributed by atoms with van der Waals surface area (Å²) in [6.07, 6.45) is 3.33. The zero-order valence-electron chi connectivity index (χ0n) is 13.2. The van der Waals surface area contributed by atoms with Gasteiger partial charge in [-0.1, -0.05) is 6.07 Å². The summed E-state index contributed by atoms with van der Waals surface area (Å²) in [4.78, 5) is 31.5. The summed E-state index contributed by atoms with van der Waals surface area (Å²) in [5.74, 6) is -0.456. The van der Waals surface area contributed by atoms with E-state index in [1.54, 1.807) is 13.3 Å². The second kappa shape index (κ2) is 5.73. The van der Waals surface area contributed by atoms with Crippen molar-refractivity contribution in [1.29, 1.82) is 0 Å². The Morgan fingerprint density at radius 1 is 1.46 bits per heavy atom. The third kappa shape index (κ3) is 2.11. The van der Waals surface area contributed by atoms with Crippen molar-refractivity contribution < 1.29 is 14.3 Å². The molecule has 2 aromatic rings. The van der Waals surface area contributed by atoms with Gasteiger partial charge in [-0.25, -0.2) is 9.78 Å². The normalized spacial score (nSPS) is 18.7. The fourth-order valence-electron chi connectivity index (χ4n) is 3.59. The molecule has 1 atom stereocenters. The minimum Gasteiger partial charge on any atom is -0.461 e. The van der Waals surface area contributed by atoms with Gasteiger partial charge < -0.3 is 9.64 Å². The van der Waals surface area contributed by atoms with Crippen LogP contribution in [-0.4, -0.2) is 39.5 Å². The van der Waals surface area contributed by atoms with Crippen LogP contribution in [0.15, 0.2) is 29.0 Å². The minimum absolute atomic E-state index is 0.0153. The molecule has 1 fully saturated rings. The Kier molecular flexibility index (Phi) is 3.68. The minimum atomic E-state index is -0.441. The van der Waals surface area contributed by atoms with E-state index in [2.05, 4.69) is 20.9 Å². The number of carbonyl (C=O) groups excluding carboxylic acids is 2. The highest BCUT2D eigenvalue weighted by Crippen LogP contribution is 2.41. The highest BCUT2D eigenvalue weighted by atomic mass is 79.9. The number of esters is 1. The summed E-state index contributed by atoms with van der Waals surface area (Å²) in [6, 6.07) is 5.45. The summed E-state index contributed by atoms with van der Waals surface area (Å²) in [6.45, 7) is 2.74. The number of carbonyl (C=O) groups is 2. The second-order valence-corrected chi connectivity index (χ2v) is 6.71. The molecule has 1 aromatic heterocycles. The number of nitrogens with zero attached hydrogens (tertiary/aromatic N) is 3. The smallest absolute Gasteiger partial charge is 0.358 e. The monoisotopic (exact) mass is 389 g/mol. The van der Waals surface area contributed by atoms with Crippen LogP contribution in [0.2, 0.25) is 0 Å². The van der Waals surface area contributed by atoms with Crippen LogP contribution >= 0.6 is 15.9 Å². The number of amides is 1. The molecular weight excluding hydrogens is 374 g/mol. The molecule has 1 amide bonds. The van der Waals surface area contributed by atoms with Gasteiger partial charge in [0.25, 0.3) is 5.91 Å². The lowest BCUT2D eigenvalue weighted by Crippen LogP contribution is -2.30. The van der Waals surface area contributed by atoms with Crippen LogP contribution in [0.25, 0.3) is 5.69 Å². The van der Waals surface area contributed by atoms with Crippen molar-refractivity contribution in [2.45, 2.75) is 25.8 Å². The van der Waals surface area contributed by atoms with Gasteiger partial charge in [-0.15, -0.1) is 0 Å². The molecule has 0 unspecified atom stereocenters. The molecule has 2 aliphatic heterocycles. The molecule has 4 rings (SSSR count). The van der Waals surface area contributed by atoms with Crippen LogP contribution in [-0.2, 0) is 4.74 Å². The van der Waals surface area contributed by atoms with Gasteiger partial charge in [0.1, 0.15) is 6.33 Å². The first-order valence-electron chi connectivity index (χ1n) is 7.97. The number of benzene rings is 1. The number of hydrogen-bond acceptors (Lipinski definition) is 4. The first kappa shape index (κ1) is 15.4. The van der Waals surface area contributed by atoms with E-state index in [1.807, 2.05) is 27.7 Å². The Bertz CT molecular complexity index is 846. The summed E-state index contributed by atoms with van der Waals surface area (Å²) >= 11 is 3.49. The zero-order chi connectivity index (χ0) is 16.8.